The molecule has 1 aromatic carbocycles. The van der Waals surface area contributed by atoms with Gasteiger partial charge in [-0.2, -0.15) is 0 Å². The third-order valence-electron chi connectivity index (χ3n) is 2.91. The minimum Gasteiger partial charge on any atom is -0.480 e. The number of hydrogen-bond donors (Lipinski definition) is 3. The Balaban J connectivity index is 2.76. The van der Waals surface area contributed by atoms with Gasteiger partial charge in [0.1, 0.15) is 12.1 Å². The molecule has 0 saturated carbocycles. The number of carbonyl (C=O) groups excluding carboxylic acids is 2. The number of carbonyl (C=O) groups is 3. The third kappa shape index (κ3) is 5.67. The van der Waals surface area contributed by atoms with E-state index in [2.05, 4.69) is 16.6 Å². The van der Waals surface area contributed by atoms with Crippen LogP contribution < -0.4 is 10.6 Å². The molecule has 6 heteroatoms. The second kappa shape index (κ2) is 8.47. The average molecular weight is 302 g/mol. The summed E-state index contributed by atoms with van der Waals surface area (Å²) in [4.78, 5) is 34.5. The molecule has 1 rings (SSSR count). The molecule has 0 fully saturated rings. The van der Waals surface area contributed by atoms with E-state index in [1.165, 1.54) is 6.92 Å². The molecular formula is C16H18N2O4. The van der Waals surface area contributed by atoms with Crippen molar-refractivity contribution in [3.8, 4) is 12.3 Å². The van der Waals surface area contributed by atoms with E-state index in [1.54, 1.807) is 24.3 Å². The van der Waals surface area contributed by atoms with Crippen LogP contribution >= 0.6 is 0 Å². The first-order valence-electron chi connectivity index (χ1n) is 6.71. The summed E-state index contributed by atoms with van der Waals surface area (Å²) in [7, 11) is 0. The second-order valence-corrected chi connectivity index (χ2v) is 4.75. The third-order valence-corrected chi connectivity index (χ3v) is 2.91. The molecule has 0 spiro atoms. The van der Waals surface area contributed by atoms with E-state index in [0.29, 0.717) is 0 Å². The molecule has 116 valence electrons. The van der Waals surface area contributed by atoms with Crippen molar-refractivity contribution in [1.82, 2.24) is 10.6 Å². The first-order valence-corrected chi connectivity index (χ1v) is 6.71. The number of amides is 2. The molecule has 2 atom stereocenters. The molecular weight excluding hydrogens is 284 g/mol. The van der Waals surface area contributed by atoms with Crippen molar-refractivity contribution in [3.05, 3.63) is 35.9 Å². The number of benzene rings is 1. The van der Waals surface area contributed by atoms with Crippen molar-refractivity contribution < 1.29 is 19.5 Å². The Hall–Kier alpha value is -2.81. The van der Waals surface area contributed by atoms with E-state index in [1.807, 2.05) is 6.07 Å². The summed E-state index contributed by atoms with van der Waals surface area (Å²) in [5, 5.41) is 14.0. The van der Waals surface area contributed by atoms with Gasteiger partial charge in [0.05, 0.1) is 0 Å². The lowest BCUT2D eigenvalue weighted by Gasteiger charge is -2.19. The number of terminal acetylenes is 1. The van der Waals surface area contributed by atoms with Crippen LogP contribution in [-0.2, 0) is 20.8 Å². The fourth-order valence-corrected chi connectivity index (χ4v) is 1.89. The Morgan fingerprint density at radius 3 is 2.32 bits per heavy atom. The van der Waals surface area contributed by atoms with Crippen molar-refractivity contribution >= 4 is 17.8 Å². The van der Waals surface area contributed by atoms with Gasteiger partial charge >= 0.3 is 5.97 Å². The van der Waals surface area contributed by atoms with Gasteiger partial charge in [-0.05, 0) is 5.56 Å². The summed E-state index contributed by atoms with van der Waals surface area (Å²) in [6.07, 6.45) is 5.29. The predicted molar refractivity (Wildman–Crippen MR) is 80.8 cm³/mol. The van der Waals surface area contributed by atoms with Gasteiger partial charge in [-0.3, -0.25) is 9.59 Å². The molecule has 0 aliphatic rings. The zero-order chi connectivity index (χ0) is 16.5. The molecule has 0 bridgehead atoms. The molecule has 6 nitrogen and oxygen atoms in total. The highest BCUT2D eigenvalue weighted by atomic mass is 16.4. The first kappa shape index (κ1) is 17.2. The lowest BCUT2D eigenvalue weighted by Crippen LogP contribution is -2.51. The number of carboxylic acid groups (broad SMARTS) is 1. The van der Waals surface area contributed by atoms with E-state index in [4.69, 9.17) is 6.42 Å². The van der Waals surface area contributed by atoms with E-state index < -0.39 is 29.9 Å². The van der Waals surface area contributed by atoms with Crippen molar-refractivity contribution in [1.29, 1.82) is 0 Å². The predicted octanol–water partition coefficient (Wildman–Crippen LogP) is 0.326. The summed E-state index contributed by atoms with van der Waals surface area (Å²) < 4.78 is 0. The van der Waals surface area contributed by atoms with Gasteiger partial charge in [0.15, 0.2) is 0 Å². The highest BCUT2D eigenvalue weighted by Gasteiger charge is 2.25. The van der Waals surface area contributed by atoms with Crippen molar-refractivity contribution in [2.45, 2.75) is 31.8 Å². The summed E-state index contributed by atoms with van der Waals surface area (Å²) in [5.74, 6) is 0.104. The fraction of sp³-hybridized carbons (Fsp3) is 0.312. The lowest BCUT2D eigenvalue weighted by atomic mass is 10.1. The highest BCUT2D eigenvalue weighted by molar-refractivity contribution is 5.90. The van der Waals surface area contributed by atoms with Gasteiger partial charge in [0.2, 0.25) is 11.8 Å². The van der Waals surface area contributed by atoms with Crippen LogP contribution in [0.3, 0.4) is 0 Å². The molecule has 2 amide bonds. The number of hydrogen-bond acceptors (Lipinski definition) is 3. The normalized spacial score (nSPS) is 12.5. The van der Waals surface area contributed by atoms with Crippen LogP contribution in [0, 0.1) is 12.3 Å². The monoisotopic (exact) mass is 302 g/mol. The molecule has 0 unspecified atom stereocenters. The second-order valence-electron chi connectivity index (χ2n) is 4.75. The number of aliphatic carboxylic acids is 1. The van der Waals surface area contributed by atoms with Crippen molar-refractivity contribution in [2.24, 2.45) is 0 Å². The summed E-state index contributed by atoms with van der Waals surface area (Å²) in [6.45, 7) is 1.26. The Kier molecular flexibility index (Phi) is 6.64. The van der Waals surface area contributed by atoms with E-state index >= 15 is 0 Å². The van der Waals surface area contributed by atoms with Crippen LogP contribution in [0.1, 0.15) is 18.9 Å². The Morgan fingerprint density at radius 1 is 1.18 bits per heavy atom. The quantitative estimate of drug-likeness (QED) is 0.632. The fourth-order valence-electron chi connectivity index (χ4n) is 1.89. The molecule has 22 heavy (non-hydrogen) atoms. The lowest BCUT2D eigenvalue weighted by molar-refractivity contribution is -0.142. The van der Waals surface area contributed by atoms with Crippen molar-refractivity contribution in [3.63, 3.8) is 0 Å². The van der Waals surface area contributed by atoms with Crippen LogP contribution in [0.4, 0.5) is 0 Å². The van der Waals surface area contributed by atoms with E-state index in [9.17, 15) is 19.5 Å². The van der Waals surface area contributed by atoms with Gasteiger partial charge in [0, 0.05) is 19.8 Å². The molecule has 3 N–H and O–H groups in total. The van der Waals surface area contributed by atoms with Gasteiger partial charge in [-0.25, -0.2) is 4.79 Å². The van der Waals surface area contributed by atoms with Crippen LogP contribution in [-0.4, -0.2) is 35.0 Å². The smallest absolute Gasteiger partial charge is 0.326 e. The van der Waals surface area contributed by atoms with Crippen LogP contribution in [0.15, 0.2) is 30.3 Å². The molecule has 0 aromatic heterocycles. The van der Waals surface area contributed by atoms with E-state index in [0.717, 1.165) is 5.56 Å². The topological polar surface area (TPSA) is 95.5 Å². The zero-order valence-corrected chi connectivity index (χ0v) is 12.2. The first-order chi connectivity index (χ1) is 10.4. The Bertz CT molecular complexity index is 578. The van der Waals surface area contributed by atoms with Crippen LogP contribution in [0.25, 0.3) is 0 Å². The van der Waals surface area contributed by atoms with Crippen LogP contribution in [0.5, 0.6) is 0 Å². The summed E-state index contributed by atoms with van der Waals surface area (Å²) >= 11 is 0. The minimum atomic E-state index is -1.15. The average Bonchev–Trinajstić information content (AvgIpc) is 2.46. The minimum absolute atomic E-state index is 0.0108. The number of rotatable bonds is 7. The maximum Gasteiger partial charge on any atom is 0.326 e. The maximum absolute atomic E-state index is 12.1. The molecule has 0 aliphatic heterocycles. The molecule has 0 aliphatic carbocycles. The largest absolute Gasteiger partial charge is 0.480 e. The standard InChI is InChI=1S/C16H18N2O4/c1-3-7-13(17-11(2)19)15(20)18-14(16(21)22)10-12-8-5-4-6-9-12/h1,4-6,8-9,13-14H,7,10H2,2H3,(H,17,19)(H,18,20)(H,21,22)/t13-,14+/m1/s1. The van der Waals surface area contributed by atoms with Gasteiger partial charge in [0.25, 0.3) is 0 Å². The van der Waals surface area contributed by atoms with E-state index in [-0.39, 0.29) is 12.8 Å². The number of carboxylic acids is 1. The van der Waals surface area contributed by atoms with Gasteiger partial charge in [-0.1, -0.05) is 30.3 Å². The van der Waals surface area contributed by atoms with Crippen LogP contribution in [0.2, 0.25) is 0 Å². The molecule has 1 aromatic rings. The van der Waals surface area contributed by atoms with Gasteiger partial charge in [-0.15, -0.1) is 12.3 Å². The Morgan fingerprint density at radius 2 is 1.82 bits per heavy atom. The van der Waals surface area contributed by atoms with Gasteiger partial charge < -0.3 is 15.7 Å². The maximum atomic E-state index is 12.1. The highest BCUT2D eigenvalue weighted by Crippen LogP contribution is 2.04. The SMILES string of the molecule is C#CC[C@@H](NC(C)=O)C(=O)N[C@@H](Cc1ccccc1)C(=O)O. The zero-order valence-electron chi connectivity index (χ0n) is 12.2. The summed E-state index contributed by atoms with van der Waals surface area (Å²) in [6, 6.07) is 6.90. The Labute approximate surface area is 128 Å². The van der Waals surface area contributed by atoms with Crippen molar-refractivity contribution in [2.75, 3.05) is 0 Å². The number of nitrogens with one attached hydrogen (secondary N) is 2. The molecule has 0 heterocycles. The molecule has 0 saturated heterocycles. The summed E-state index contributed by atoms with van der Waals surface area (Å²) in [5.41, 5.74) is 0.781. The molecule has 0 radical (unpaired) electrons.